The van der Waals surface area contributed by atoms with E-state index < -0.39 is 10.4 Å². The molecule has 0 heterocycles. The second kappa shape index (κ2) is 7.73. The molecular weight excluding hydrogens is 166 g/mol. The molecule has 0 amide bonds. The zero-order valence-electron chi connectivity index (χ0n) is 3.23. The van der Waals surface area contributed by atoms with Gasteiger partial charge in [-0.2, -0.15) is 8.42 Å². The molecule has 0 radical (unpaired) electrons. The molecule has 5 nitrogen and oxygen atoms in total. The summed E-state index contributed by atoms with van der Waals surface area (Å²) in [5.41, 5.74) is 0. The average Bonchev–Trinajstić information content (AvgIpc) is 1.36. The third kappa shape index (κ3) is 410. The third-order valence-corrected chi connectivity index (χ3v) is 0. The first-order valence-electron chi connectivity index (χ1n) is 0.987. The van der Waals surface area contributed by atoms with E-state index in [2.05, 4.69) is 0 Å². The Morgan fingerprint density at radius 1 is 1.12 bits per heavy atom. The van der Waals surface area contributed by atoms with Crippen LogP contribution in [0.15, 0.2) is 0 Å². The van der Waals surface area contributed by atoms with Gasteiger partial charge in [-0.05, 0) is 0 Å². The van der Waals surface area contributed by atoms with Gasteiger partial charge in [-0.3, -0.25) is 9.11 Å². The van der Waals surface area contributed by atoms with Crippen molar-refractivity contribution in [3.05, 3.63) is 0 Å². The topological polar surface area (TPSA) is 91.7 Å². The van der Waals surface area contributed by atoms with Gasteiger partial charge in [0.05, 0.1) is 0 Å². The molecule has 0 unspecified atom stereocenters. The summed E-state index contributed by atoms with van der Waals surface area (Å²) in [6.45, 7) is 0. The van der Waals surface area contributed by atoms with Crippen LogP contribution in [0.1, 0.15) is 0 Å². The summed E-state index contributed by atoms with van der Waals surface area (Å²) in [6, 6.07) is 0. The molecular formula is H6Al2O5S. The van der Waals surface area contributed by atoms with Crippen LogP contribution in [-0.4, -0.2) is 51.1 Å². The molecule has 0 aliphatic carbocycles. The Balaban J connectivity index is -0.0000000750. The van der Waals surface area contributed by atoms with Crippen LogP contribution in [0.2, 0.25) is 0 Å². The Bertz CT molecular complexity index is 104. The minimum atomic E-state index is -4.67. The first-order chi connectivity index (χ1) is 3.00. The maximum atomic E-state index is 8.74. The molecule has 0 aromatic heterocycles. The van der Waals surface area contributed by atoms with E-state index in [1.807, 2.05) is 0 Å². The predicted molar refractivity (Wildman–Crippen MR) is 32.0 cm³/mol. The zero-order chi connectivity index (χ0) is 6.50. The van der Waals surface area contributed by atoms with Gasteiger partial charge in [-0.25, -0.2) is 0 Å². The van der Waals surface area contributed by atoms with E-state index in [0.717, 1.165) is 0 Å². The van der Waals surface area contributed by atoms with Gasteiger partial charge >= 0.3 is 30.4 Å². The van der Waals surface area contributed by atoms with Crippen LogP contribution >= 0.6 is 0 Å². The molecule has 8 heavy (non-hydrogen) atoms. The van der Waals surface area contributed by atoms with Gasteiger partial charge in [0, 0.05) is 0 Å². The van der Waals surface area contributed by atoms with Crippen molar-refractivity contribution >= 4 is 44.0 Å². The van der Waals surface area contributed by atoms with Crippen LogP contribution in [0.25, 0.3) is 0 Å². The van der Waals surface area contributed by atoms with Crippen LogP contribution in [0.3, 0.4) is 0 Å². The molecule has 0 aromatic rings. The monoisotopic (exact) mass is 172 g/mol. The molecule has 0 rings (SSSR count). The number of hydrogen-bond donors (Lipinski definition) is 2. The first kappa shape index (κ1) is 15.9. The first-order valence-corrected chi connectivity index (χ1v) is 2.96. The summed E-state index contributed by atoms with van der Waals surface area (Å²) in [7, 11) is -4.67. The number of rotatable bonds is 0. The van der Waals surface area contributed by atoms with E-state index in [9.17, 15) is 0 Å². The molecule has 0 fully saturated rings. The minimum absolute atomic E-state index is 0. The van der Waals surface area contributed by atoms with E-state index in [1.54, 1.807) is 0 Å². The Morgan fingerprint density at radius 3 is 1.12 bits per heavy atom. The quantitative estimate of drug-likeness (QED) is 0.308. The molecule has 48 valence electrons. The molecule has 0 bridgehead atoms. The van der Waals surface area contributed by atoms with Crippen molar-refractivity contribution in [3.8, 4) is 0 Å². The van der Waals surface area contributed by atoms with E-state index in [0.29, 0.717) is 16.2 Å². The van der Waals surface area contributed by atoms with Crippen LogP contribution < -0.4 is 0 Å². The van der Waals surface area contributed by atoms with Crippen LogP contribution in [0.4, 0.5) is 0 Å². The standard InChI is InChI=1S/2Al.H2O4S.O.4H/c;;1-5(2,3)4;;;;;/h;;(H2,1,2,3,4);;;;;. The molecule has 0 aliphatic heterocycles. The van der Waals surface area contributed by atoms with Crippen LogP contribution in [0.5, 0.6) is 0 Å². The summed E-state index contributed by atoms with van der Waals surface area (Å²) < 4.78 is 39.9. The fourth-order valence-electron chi connectivity index (χ4n) is 0. The van der Waals surface area contributed by atoms with Crippen molar-refractivity contribution in [2.24, 2.45) is 0 Å². The van der Waals surface area contributed by atoms with Gasteiger partial charge in [-0.15, -0.1) is 0 Å². The third-order valence-electron chi connectivity index (χ3n) is 0. The van der Waals surface area contributed by atoms with E-state index in [1.165, 1.54) is 0 Å². The normalized spacial score (nSPS) is 7.62. The van der Waals surface area contributed by atoms with E-state index >= 15 is 0 Å². The molecule has 0 spiro atoms. The van der Waals surface area contributed by atoms with Crippen LogP contribution in [-0.2, 0) is 14.2 Å². The van der Waals surface area contributed by atoms with E-state index in [4.69, 9.17) is 21.3 Å². The maximum absolute atomic E-state index is 8.74. The van der Waals surface area contributed by atoms with Crippen molar-refractivity contribution in [2.45, 2.75) is 0 Å². The van der Waals surface area contributed by atoms with Crippen molar-refractivity contribution < 1.29 is 21.3 Å². The summed E-state index contributed by atoms with van der Waals surface area (Å²) in [4.78, 5) is 0. The van der Waals surface area contributed by atoms with Crippen molar-refractivity contribution in [1.82, 2.24) is 0 Å². The second-order valence-electron chi connectivity index (χ2n) is 0.448. The molecule has 0 saturated carbocycles. The Kier molecular flexibility index (Phi) is 15.4. The van der Waals surface area contributed by atoms with Crippen molar-refractivity contribution in [2.75, 3.05) is 0 Å². The molecule has 0 aliphatic rings. The molecule has 0 saturated heterocycles. The van der Waals surface area contributed by atoms with E-state index in [-0.39, 0.29) is 17.4 Å². The van der Waals surface area contributed by atoms with Crippen molar-refractivity contribution in [1.29, 1.82) is 0 Å². The second-order valence-corrected chi connectivity index (χ2v) is 1.34. The Hall–Kier alpha value is 0.735. The zero-order valence-corrected chi connectivity index (χ0v) is 5.47. The summed E-state index contributed by atoms with van der Waals surface area (Å²) in [6.07, 6.45) is 0. The van der Waals surface area contributed by atoms with Gasteiger partial charge in [0.25, 0.3) is 0 Å². The summed E-state index contributed by atoms with van der Waals surface area (Å²) >= 11 is 0.611. The summed E-state index contributed by atoms with van der Waals surface area (Å²) in [5, 5.41) is 0. The molecule has 0 aromatic carbocycles. The molecule has 2 N–H and O–H groups in total. The fourth-order valence-corrected chi connectivity index (χ4v) is 0. The average molecular weight is 172 g/mol. The van der Waals surface area contributed by atoms with Gasteiger partial charge in [0.2, 0.25) is 0 Å². The van der Waals surface area contributed by atoms with Gasteiger partial charge in [0.15, 0.2) is 17.4 Å². The Labute approximate surface area is 65.4 Å². The molecule has 8 heteroatoms. The predicted octanol–water partition coefficient (Wildman–Crippen LogP) is -2.60. The van der Waals surface area contributed by atoms with Gasteiger partial charge in [0.1, 0.15) is 0 Å². The summed E-state index contributed by atoms with van der Waals surface area (Å²) in [5.74, 6) is 0. The number of hydrogen-bond acceptors (Lipinski definition) is 3. The van der Waals surface area contributed by atoms with Crippen molar-refractivity contribution in [3.63, 3.8) is 0 Å². The Morgan fingerprint density at radius 2 is 1.12 bits per heavy atom. The van der Waals surface area contributed by atoms with Gasteiger partial charge < -0.3 is 0 Å². The fraction of sp³-hybridized carbons (Fsp3) is 0. The van der Waals surface area contributed by atoms with Crippen LogP contribution in [0, 0.1) is 0 Å². The SMILES string of the molecule is O=S(=O)(O)O.[AlH3].[O]=[AlH]. The molecule has 0 atom stereocenters. The van der Waals surface area contributed by atoms with Gasteiger partial charge in [-0.1, -0.05) is 0 Å².